The molecule has 1 heterocycles. The summed E-state index contributed by atoms with van der Waals surface area (Å²) < 4.78 is 25.8. The Kier molecular flexibility index (Phi) is 3.49. The first kappa shape index (κ1) is 13.5. The van der Waals surface area contributed by atoms with E-state index in [0.29, 0.717) is 6.54 Å². The first-order valence-electron chi connectivity index (χ1n) is 6.07. The topological polar surface area (TPSA) is 57.6 Å². The number of aliphatic hydroxyl groups excluding tert-OH is 1. The second kappa shape index (κ2) is 4.64. The SMILES string of the molecule is CC1CN(C(C)(CO)c2ccccc2)S(=O)(=O)C1. The molecule has 0 amide bonds. The zero-order chi connectivity index (χ0) is 13.4. The Hall–Kier alpha value is -0.910. The van der Waals surface area contributed by atoms with Gasteiger partial charge in [-0.1, -0.05) is 37.3 Å². The Morgan fingerprint density at radius 1 is 1.39 bits per heavy atom. The molecule has 2 rings (SSSR count). The minimum atomic E-state index is -3.28. The fourth-order valence-electron chi connectivity index (χ4n) is 2.52. The third-order valence-corrected chi connectivity index (χ3v) is 5.78. The van der Waals surface area contributed by atoms with Crippen molar-refractivity contribution in [2.24, 2.45) is 5.92 Å². The molecule has 1 aromatic carbocycles. The van der Waals surface area contributed by atoms with Crippen molar-refractivity contribution >= 4 is 10.0 Å². The Morgan fingerprint density at radius 2 is 2.00 bits per heavy atom. The van der Waals surface area contributed by atoms with E-state index in [4.69, 9.17) is 0 Å². The molecule has 1 N–H and O–H groups in total. The minimum Gasteiger partial charge on any atom is -0.394 e. The fourth-order valence-corrected chi connectivity index (χ4v) is 4.78. The van der Waals surface area contributed by atoms with Gasteiger partial charge in [0.05, 0.1) is 17.9 Å². The lowest BCUT2D eigenvalue weighted by molar-refractivity contribution is 0.106. The first-order chi connectivity index (χ1) is 8.40. The largest absolute Gasteiger partial charge is 0.394 e. The predicted octanol–water partition coefficient (Wildman–Crippen LogP) is 1.18. The van der Waals surface area contributed by atoms with Crippen molar-refractivity contribution < 1.29 is 13.5 Å². The number of hydrogen-bond donors (Lipinski definition) is 1. The summed E-state index contributed by atoms with van der Waals surface area (Å²) >= 11 is 0. The Balaban J connectivity index is 2.46. The molecule has 0 aliphatic carbocycles. The molecular weight excluding hydrogens is 250 g/mol. The highest BCUT2D eigenvalue weighted by Crippen LogP contribution is 2.35. The van der Waals surface area contributed by atoms with Crippen LogP contribution in [0.3, 0.4) is 0 Å². The van der Waals surface area contributed by atoms with E-state index in [0.717, 1.165) is 5.56 Å². The predicted molar refractivity (Wildman–Crippen MR) is 70.5 cm³/mol. The van der Waals surface area contributed by atoms with Crippen LogP contribution in [0.15, 0.2) is 30.3 Å². The molecule has 0 radical (unpaired) electrons. The molecule has 100 valence electrons. The summed E-state index contributed by atoms with van der Waals surface area (Å²) in [6, 6.07) is 9.30. The van der Waals surface area contributed by atoms with Crippen molar-refractivity contribution in [3.05, 3.63) is 35.9 Å². The molecule has 1 saturated heterocycles. The van der Waals surface area contributed by atoms with Gasteiger partial charge in [-0.05, 0) is 18.4 Å². The van der Waals surface area contributed by atoms with Crippen molar-refractivity contribution in [3.63, 3.8) is 0 Å². The summed E-state index contributed by atoms with van der Waals surface area (Å²) in [6.45, 7) is 3.94. The highest BCUT2D eigenvalue weighted by molar-refractivity contribution is 7.89. The van der Waals surface area contributed by atoms with Gasteiger partial charge in [0.15, 0.2) is 0 Å². The van der Waals surface area contributed by atoms with E-state index in [-0.39, 0.29) is 18.3 Å². The molecular formula is C13H19NO3S. The summed E-state index contributed by atoms with van der Waals surface area (Å²) in [5.41, 5.74) is -0.0459. The standard InChI is InChI=1S/C13H19NO3S/c1-11-8-14(18(16,17)9-11)13(2,10-15)12-6-4-3-5-7-12/h3-7,11,15H,8-10H2,1-2H3. The van der Waals surface area contributed by atoms with Crippen LogP contribution in [0.1, 0.15) is 19.4 Å². The minimum absolute atomic E-state index is 0.101. The smallest absolute Gasteiger partial charge is 0.215 e. The van der Waals surface area contributed by atoms with Crippen molar-refractivity contribution in [1.29, 1.82) is 0 Å². The number of hydrogen-bond acceptors (Lipinski definition) is 3. The highest BCUT2D eigenvalue weighted by atomic mass is 32.2. The monoisotopic (exact) mass is 269 g/mol. The molecule has 2 unspecified atom stereocenters. The second-order valence-corrected chi connectivity index (χ2v) is 7.15. The van der Waals surface area contributed by atoms with Gasteiger partial charge in [0, 0.05) is 6.54 Å². The van der Waals surface area contributed by atoms with Crippen LogP contribution in [0.5, 0.6) is 0 Å². The molecule has 1 aromatic rings. The van der Waals surface area contributed by atoms with Gasteiger partial charge in [-0.25, -0.2) is 8.42 Å². The maximum Gasteiger partial charge on any atom is 0.215 e. The second-order valence-electron chi connectivity index (χ2n) is 5.21. The van der Waals surface area contributed by atoms with Crippen LogP contribution in [-0.2, 0) is 15.6 Å². The third kappa shape index (κ3) is 2.18. The van der Waals surface area contributed by atoms with Crippen LogP contribution in [-0.4, -0.2) is 36.7 Å². The molecule has 18 heavy (non-hydrogen) atoms. The van der Waals surface area contributed by atoms with Gasteiger partial charge in [0.2, 0.25) is 10.0 Å². The maximum atomic E-state index is 12.2. The van der Waals surface area contributed by atoms with Gasteiger partial charge in [0.25, 0.3) is 0 Å². The van der Waals surface area contributed by atoms with E-state index in [1.807, 2.05) is 37.3 Å². The van der Waals surface area contributed by atoms with Crippen LogP contribution in [0.4, 0.5) is 0 Å². The molecule has 2 atom stereocenters. The Morgan fingerprint density at radius 3 is 2.44 bits per heavy atom. The molecule has 1 fully saturated rings. The zero-order valence-corrected chi connectivity index (χ0v) is 11.5. The van der Waals surface area contributed by atoms with E-state index in [1.165, 1.54) is 4.31 Å². The molecule has 0 saturated carbocycles. The summed E-state index contributed by atoms with van der Waals surface area (Å²) in [5, 5.41) is 9.71. The van der Waals surface area contributed by atoms with Gasteiger partial charge in [0.1, 0.15) is 0 Å². The van der Waals surface area contributed by atoms with Gasteiger partial charge in [-0.3, -0.25) is 0 Å². The van der Waals surface area contributed by atoms with Crippen LogP contribution in [0.25, 0.3) is 0 Å². The normalized spacial score (nSPS) is 26.9. The van der Waals surface area contributed by atoms with Gasteiger partial charge in [-0.2, -0.15) is 4.31 Å². The summed E-state index contributed by atoms with van der Waals surface area (Å²) in [7, 11) is -3.28. The molecule has 1 aliphatic heterocycles. The summed E-state index contributed by atoms with van der Waals surface area (Å²) in [6.07, 6.45) is 0. The molecule has 5 heteroatoms. The lowest BCUT2D eigenvalue weighted by Crippen LogP contribution is -2.47. The van der Waals surface area contributed by atoms with Crippen molar-refractivity contribution in [3.8, 4) is 0 Å². The Bertz CT molecular complexity index is 514. The van der Waals surface area contributed by atoms with E-state index in [1.54, 1.807) is 6.92 Å². The number of nitrogens with zero attached hydrogens (tertiary/aromatic N) is 1. The fraction of sp³-hybridized carbons (Fsp3) is 0.538. The molecule has 0 spiro atoms. The van der Waals surface area contributed by atoms with E-state index in [9.17, 15) is 13.5 Å². The molecule has 1 aliphatic rings. The zero-order valence-electron chi connectivity index (χ0n) is 10.7. The van der Waals surface area contributed by atoms with Crippen LogP contribution < -0.4 is 0 Å². The van der Waals surface area contributed by atoms with Crippen LogP contribution >= 0.6 is 0 Å². The van der Waals surface area contributed by atoms with E-state index in [2.05, 4.69) is 0 Å². The van der Waals surface area contributed by atoms with Gasteiger partial charge in [-0.15, -0.1) is 0 Å². The van der Waals surface area contributed by atoms with E-state index < -0.39 is 15.6 Å². The van der Waals surface area contributed by atoms with Crippen molar-refractivity contribution in [1.82, 2.24) is 4.31 Å². The maximum absolute atomic E-state index is 12.2. The average Bonchev–Trinajstić information content (AvgIpc) is 2.63. The Labute approximate surface area is 108 Å². The average molecular weight is 269 g/mol. The lowest BCUT2D eigenvalue weighted by Gasteiger charge is -2.36. The van der Waals surface area contributed by atoms with Crippen LogP contribution in [0, 0.1) is 5.92 Å². The quantitative estimate of drug-likeness (QED) is 0.896. The summed E-state index contributed by atoms with van der Waals surface area (Å²) in [4.78, 5) is 0. The number of benzene rings is 1. The molecule has 0 aromatic heterocycles. The number of rotatable bonds is 3. The first-order valence-corrected chi connectivity index (χ1v) is 7.68. The van der Waals surface area contributed by atoms with E-state index >= 15 is 0 Å². The third-order valence-electron chi connectivity index (χ3n) is 3.56. The summed E-state index contributed by atoms with van der Waals surface area (Å²) in [5.74, 6) is 0.264. The number of aliphatic hydroxyl groups is 1. The molecule has 0 bridgehead atoms. The van der Waals surface area contributed by atoms with Crippen molar-refractivity contribution in [2.75, 3.05) is 18.9 Å². The number of sulfonamides is 1. The van der Waals surface area contributed by atoms with Gasteiger partial charge >= 0.3 is 0 Å². The van der Waals surface area contributed by atoms with Crippen LogP contribution in [0.2, 0.25) is 0 Å². The van der Waals surface area contributed by atoms with Crippen molar-refractivity contribution in [2.45, 2.75) is 19.4 Å². The highest BCUT2D eigenvalue weighted by Gasteiger charge is 2.45. The van der Waals surface area contributed by atoms with Gasteiger partial charge < -0.3 is 5.11 Å². The lowest BCUT2D eigenvalue weighted by atomic mass is 9.92. The molecule has 4 nitrogen and oxygen atoms in total.